The van der Waals surface area contributed by atoms with Gasteiger partial charge in [0.15, 0.2) is 11.5 Å². The summed E-state index contributed by atoms with van der Waals surface area (Å²) in [5, 5.41) is 15.0. The molecule has 0 aliphatic heterocycles. The van der Waals surface area contributed by atoms with E-state index in [1.54, 1.807) is 30.4 Å². The zero-order valence-corrected chi connectivity index (χ0v) is 41.4. The van der Waals surface area contributed by atoms with E-state index in [0.717, 1.165) is 108 Å². The molecule has 0 aliphatic carbocycles. The van der Waals surface area contributed by atoms with Crippen LogP contribution in [0.25, 0.3) is 0 Å². The Morgan fingerprint density at radius 1 is 0.470 bits per heavy atom. The molecule has 0 heterocycles. The van der Waals surface area contributed by atoms with E-state index in [2.05, 4.69) is 34.4 Å². The summed E-state index contributed by atoms with van der Waals surface area (Å²) in [5.74, 6) is 1.72. The Hall–Kier alpha value is -2.70. The van der Waals surface area contributed by atoms with E-state index in [-0.39, 0.29) is 5.91 Å². The van der Waals surface area contributed by atoms with Gasteiger partial charge in [-0.1, -0.05) is 158 Å². The number of unbranched alkanes of at least 4 members (excludes halogenated alkanes) is 24. The van der Waals surface area contributed by atoms with Crippen molar-refractivity contribution in [2.75, 3.05) is 71.8 Å². The molecule has 0 saturated heterocycles. The molecule has 0 atom stereocenters. The topological polar surface area (TPSA) is 151 Å². The first-order valence-corrected chi connectivity index (χ1v) is 26.1. The lowest BCUT2D eigenvalue weighted by atomic mass is 10.1. The van der Waals surface area contributed by atoms with E-state index >= 15 is 0 Å². The van der Waals surface area contributed by atoms with Gasteiger partial charge < -0.3 is 19.5 Å². The minimum atomic E-state index is -0.269. The van der Waals surface area contributed by atoms with Crippen molar-refractivity contribution < 1.29 is 63.0 Å². The number of hydrogen-bond donors (Lipinski definition) is 2. The van der Waals surface area contributed by atoms with Crippen molar-refractivity contribution in [1.82, 2.24) is 5.32 Å². The highest BCUT2D eigenvalue weighted by atomic mass is 32.2. The first-order valence-electron chi connectivity index (χ1n) is 25.2. The van der Waals surface area contributed by atoms with Crippen LogP contribution in [0, 0.1) is 0 Å². The van der Waals surface area contributed by atoms with Gasteiger partial charge in [-0.15, -0.1) is 24.1 Å². The van der Waals surface area contributed by atoms with Gasteiger partial charge in [-0.3, -0.25) is 4.79 Å². The smallest absolute Gasteiger partial charge is 0.251 e. The maximum absolute atomic E-state index is 13.4. The van der Waals surface area contributed by atoms with Crippen LogP contribution in [0.15, 0.2) is 50.1 Å². The fourth-order valence-electron chi connectivity index (χ4n) is 6.93. The molecule has 0 radical (unpaired) electrons. The Morgan fingerprint density at radius 3 is 1.12 bits per heavy atom. The Labute approximate surface area is 403 Å². The third-order valence-electron chi connectivity index (χ3n) is 10.5. The van der Waals surface area contributed by atoms with Crippen molar-refractivity contribution in [3.8, 4) is 17.2 Å². The molecule has 0 fully saturated rings. The largest absolute Gasteiger partial charge is 0.490 e. The van der Waals surface area contributed by atoms with Gasteiger partial charge >= 0.3 is 0 Å². The molecule has 0 aliphatic rings. The number of rotatable bonds is 54. The summed E-state index contributed by atoms with van der Waals surface area (Å²) in [6.45, 7) is 15.8. The van der Waals surface area contributed by atoms with Crippen LogP contribution in [0.3, 0.4) is 0 Å². The molecule has 14 nitrogen and oxygen atoms in total. The predicted octanol–water partition coefficient (Wildman–Crippen LogP) is 13.6. The van der Waals surface area contributed by atoms with E-state index in [1.807, 2.05) is 0 Å². The molecular formula is C51H89NO13S. The maximum Gasteiger partial charge on any atom is 0.251 e. The van der Waals surface area contributed by atoms with Gasteiger partial charge in [-0.2, -0.15) is 0 Å². The minimum absolute atomic E-state index is 0.269. The first kappa shape index (κ1) is 61.3. The predicted molar refractivity (Wildman–Crippen MR) is 263 cm³/mol. The van der Waals surface area contributed by atoms with Crippen molar-refractivity contribution in [3.63, 3.8) is 0 Å². The number of hydrogen-bond acceptors (Lipinski definition) is 14. The lowest BCUT2D eigenvalue weighted by Gasteiger charge is -2.19. The number of benzene rings is 1. The molecule has 1 rings (SSSR count). The second-order valence-electron chi connectivity index (χ2n) is 16.3. The van der Waals surface area contributed by atoms with Crippen molar-refractivity contribution in [2.45, 2.75) is 173 Å². The Bertz CT molecular complexity index is 1200. The Balaban J connectivity index is 2.74. The summed E-state index contributed by atoms with van der Waals surface area (Å²) < 4.78 is 23.8. The fourth-order valence-corrected chi connectivity index (χ4v) is 7.23. The second-order valence-corrected chi connectivity index (χ2v) is 17.1. The van der Waals surface area contributed by atoms with Gasteiger partial charge in [0, 0.05) is 29.9 Å². The van der Waals surface area contributed by atoms with Gasteiger partial charge in [0.05, 0.1) is 39.6 Å². The molecule has 0 spiro atoms. The molecule has 382 valence electrons. The average molecular weight is 956 g/mol. The van der Waals surface area contributed by atoms with Crippen LogP contribution in [0.5, 0.6) is 17.2 Å². The minimum Gasteiger partial charge on any atom is -0.490 e. The van der Waals surface area contributed by atoms with E-state index in [4.69, 9.17) is 48.8 Å². The molecule has 15 heteroatoms. The summed E-state index contributed by atoms with van der Waals surface area (Å²) in [4.78, 5) is 43.7. The number of ether oxygens (including phenoxy) is 3. The van der Waals surface area contributed by atoms with Crippen LogP contribution >= 0.6 is 12.0 Å². The maximum atomic E-state index is 13.4. The number of nitrogens with one attached hydrogen (secondary N) is 1. The highest BCUT2D eigenvalue weighted by molar-refractivity contribution is 7.94. The Morgan fingerprint density at radius 2 is 0.788 bits per heavy atom. The van der Waals surface area contributed by atoms with Crippen LogP contribution in [-0.2, 0) is 38.7 Å². The van der Waals surface area contributed by atoms with E-state index in [1.165, 1.54) is 77.0 Å². The average Bonchev–Trinajstić information content (AvgIpc) is 3.32. The summed E-state index contributed by atoms with van der Waals surface area (Å²) in [6, 6.07) is 3.53. The van der Waals surface area contributed by atoms with Crippen LogP contribution in [0.1, 0.15) is 184 Å². The molecule has 66 heavy (non-hydrogen) atoms. The summed E-state index contributed by atoms with van der Waals surface area (Å²) in [7, 11) is 0. The zero-order valence-electron chi connectivity index (χ0n) is 40.6. The fraction of sp³-hybridized carbons (Fsp3) is 0.745. The molecule has 1 amide bonds. The van der Waals surface area contributed by atoms with Crippen LogP contribution in [0.2, 0.25) is 0 Å². The normalized spacial score (nSPS) is 11.2. The quantitative estimate of drug-likeness (QED) is 0.0209. The monoisotopic (exact) mass is 956 g/mol. The van der Waals surface area contributed by atoms with Gasteiger partial charge in [0.25, 0.3) is 5.91 Å². The van der Waals surface area contributed by atoms with Crippen molar-refractivity contribution in [2.24, 2.45) is 0 Å². The standard InChI is InChI=1S/C51H89NO13S/c1-4-35-58-61-41-31-25-19-13-7-10-16-22-28-38-55-48-45-47(51(53)52-34-44-66-65-64-54)46-49(56-39-29-23-17-11-8-14-20-26-32-42-62-59-36-5-2)50(48)57-40-30-24-18-12-9-15-21-27-33-43-63-60-37-6-3/h4-6,45-46,54H,1-3,7-44H2,(H,52,53). The summed E-state index contributed by atoms with van der Waals surface area (Å²) >= 11 is 0.889. The van der Waals surface area contributed by atoms with E-state index in [9.17, 15) is 4.79 Å². The first-order chi connectivity index (χ1) is 32.7. The van der Waals surface area contributed by atoms with Gasteiger partial charge in [-0.05, 0) is 50.7 Å². The van der Waals surface area contributed by atoms with Gasteiger partial charge in [0.1, 0.15) is 19.8 Å². The second kappa shape index (κ2) is 50.2. The molecule has 1 aromatic rings. The third kappa shape index (κ3) is 39.3. The Kier molecular flexibility index (Phi) is 46.6. The zero-order chi connectivity index (χ0) is 47.5. The molecule has 0 unspecified atom stereocenters. The van der Waals surface area contributed by atoms with Crippen LogP contribution in [-0.4, -0.2) is 82.9 Å². The number of carbonyl (C=O) groups excluding carboxylic acids is 1. The van der Waals surface area contributed by atoms with Crippen molar-refractivity contribution in [1.29, 1.82) is 0 Å². The van der Waals surface area contributed by atoms with Crippen LogP contribution in [0.4, 0.5) is 0 Å². The lowest BCUT2D eigenvalue weighted by Crippen LogP contribution is -2.26. The molecule has 2 N–H and O–H groups in total. The highest BCUT2D eigenvalue weighted by Crippen LogP contribution is 2.40. The molecule has 1 aromatic carbocycles. The van der Waals surface area contributed by atoms with Gasteiger partial charge in [-0.25, -0.2) is 34.6 Å². The van der Waals surface area contributed by atoms with E-state index < -0.39 is 0 Å². The van der Waals surface area contributed by atoms with Gasteiger partial charge in [0.2, 0.25) is 5.75 Å². The summed E-state index contributed by atoms with van der Waals surface area (Å²) in [5.41, 5.74) is 0.428. The molecule has 0 bridgehead atoms. The lowest BCUT2D eigenvalue weighted by molar-refractivity contribution is -0.432. The van der Waals surface area contributed by atoms with Crippen LogP contribution < -0.4 is 19.5 Å². The SMILES string of the molecule is C=CCOOCCCCCCCCCCCOc1cc(C(=O)NCCSOOO)cc(OCCCCCCCCCCCOOCC=C)c1OCCCCCCCCCCCOOCC=C. The third-order valence-corrected chi connectivity index (χ3v) is 11.0. The molecular weight excluding hydrogens is 867 g/mol. The van der Waals surface area contributed by atoms with Crippen molar-refractivity contribution in [3.05, 3.63) is 55.7 Å². The van der Waals surface area contributed by atoms with Crippen molar-refractivity contribution >= 4 is 17.9 Å². The molecule has 0 aromatic heterocycles. The summed E-state index contributed by atoms with van der Waals surface area (Å²) in [6.07, 6.45) is 35.3. The highest BCUT2D eigenvalue weighted by Gasteiger charge is 2.19. The number of amides is 1. The number of carbonyl (C=O) groups is 1. The molecule has 0 saturated carbocycles. The van der Waals surface area contributed by atoms with E-state index in [0.29, 0.717) is 94.6 Å².